The van der Waals surface area contributed by atoms with Gasteiger partial charge in [0, 0.05) is 19.3 Å². The molecule has 0 saturated heterocycles. The summed E-state index contributed by atoms with van der Waals surface area (Å²) >= 11 is 0. The number of rotatable bonds is 41. The zero-order valence-corrected chi connectivity index (χ0v) is 35.7. The van der Waals surface area contributed by atoms with Gasteiger partial charge in [0.25, 0.3) is 0 Å². The zero-order valence-electron chi connectivity index (χ0n) is 35.7. The Hall–Kier alpha value is -2.37. The fraction of sp³-hybridized carbons (Fsp3) is 0.812. The molecule has 314 valence electrons. The van der Waals surface area contributed by atoms with E-state index in [2.05, 4.69) is 57.2 Å². The third kappa shape index (κ3) is 40.8. The monoisotopic (exact) mass is 759 g/mol. The lowest BCUT2D eigenvalue weighted by molar-refractivity contribution is -0.167. The van der Waals surface area contributed by atoms with Gasteiger partial charge in [-0.15, -0.1) is 0 Å². The summed E-state index contributed by atoms with van der Waals surface area (Å²) in [5.74, 6) is -0.915. The molecule has 0 aliphatic rings. The second kappa shape index (κ2) is 43.4. The van der Waals surface area contributed by atoms with Gasteiger partial charge in [-0.1, -0.05) is 186 Å². The molecule has 0 rings (SSSR count). The average Bonchev–Trinajstić information content (AvgIpc) is 3.17. The number of hydrogen-bond donors (Lipinski definition) is 0. The van der Waals surface area contributed by atoms with Gasteiger partial charge in [0.15, 0.2) is 6.10 Å². The Balaban J connectivity index is 4.37. The van der Waals surface area contributed by atoms with Crippen LogP contribution >= 0.6 is 0 Å². The molecule has 0 aromatic heterocycles. The molecule has 1 atom stereocenters. The van der Waals surface area contributed by atoms with Crippen molar-refractivity contribution in [3.8, 4) is 0 Å². The highest BCUT2D eigenvalue weighted by Gasteiger charge is 2.19. The van der Waals surface area contributed by atoms with E-state index in [-0.39, 0.29) is 31.1 Å². The number of ether oxygens (including phenoxy) is 3. The molecule has 0 aromatic rings. The van der Waals surface area contributed by atoms with Crippen molar-refractivity contribution in [2.45, 2.75) is 239 Å². The first kappa shape index (κ1) is 51.6. The largest absolute Gasteiger partial charge is 0.462 e. The Morgan fingerprint density at radius 2 is 0.685 bits per heavy atom. The van der Waals surface area contributed by atoms with Gasteiger partial charge in [0.2, 0.25) is 0 Å². The summed E-state index contributed by atoms with van der Waals surface area (Å²) in [6.07, 6.45) is 48.4. The maximum absolute atomic E-state index is 12.7. The van der Waals surface area contributed by atoms with Gasteiger partial charge in [-0.2, -0.15) is 0 Å². The first-order chi connectivity index (χ1) is 26.5. The van der Waals surface area contributed by atoms with Crippen molar-refractivity contribution in [1.29, 1.82) is 0 Å². The fourth-order valence-electron chi connectivity index (χ4n) is 6.35. The highest BCUT2D eigenvalue weighted by atomic mass is 16.6. The molecule has 0 aliphatic carbocycles. The van der Waals surface area contributed by atoms with Crippen molar-refractivity contribution in [2.75, 3.05) is 13.2 Å². The lowest BCUT2D eigenvalue weighted by Crippen LogP contribution is -2.30. The van der Waals surface area contributed by atoms with E-state index >= 15 is 0 Å². The Bertz CT molecular complexity index is 922. The van der Waals surface area contributed by atoms with E-state index in [0.29, 0.717) is 19.3 Å². The topological polar surface area (TPSA) is 78.9 Å². The van der Waals surface area contributed by atoms with E-state index in [1.165, 1.54) is 122 Å². The normalized spacial score (nSPS) is 12.3. The van der Waals surface area contributed by atoms with Gasteiger partial charge in [-0.3, -0.25) is 14.4 Å². The minimum absolute atomic E-state index is 0.0824. The molecule has 0 radical (unpaired) electrons. The first-order valence-corrected chi connectivity index (χ1v) is 23.0. The molecule has 0 aromatic carbocycles. The molecule has 0 aliphatic heterocycles. The number of carbonyl (C=O) groups excluding carboxylic acids is 3. The maximum atomic E-state index is 12.7. The predicted octanol–water partition coefficient (Wildman–Crippen LogP) is 14.6. The Morgan fingerprint density at radius 3 is 1.13 bits per heavy atom. The molecule has 0 spiro atoms. The van der Waals surface area contributed by atoms with Crippen LogP contribution in [0.2, 0.25) is 0 Å². The highest BCUT2D eigenvalue weighted by Crippen LogP contribution is 2.14. The fourth-order valence-corrected chi connectivity index (χ4v) is 6.35. The van der Waals surface area contributed by atoms with Crippen molar-refractivity contribution < 1.29 is 28.6 Å². The smallest absolute Gasteiger partial charge is 0.306 e. The van der Waals surface area contributed by atoms with Crippen LogP contribution in [0, 0.1) is 0 Å². The minimum atomic E-state index is -0.781. The van der Waals surface area contributed by atoms with Crippen LogP contribution in [0.25, 0.3) is 0 Å². The van der Waals surface area contributed by atoms with E-state index in [1.807, 2.05) is 0 Å². The van der Waals surface area contributed by atoms with Crippen molar-refractivity contribution in [1.82, 2.24) is 0 Å². The summed E-state index contributed by atoms with van der Waals surface area (Å²) in [5, 5.41) is 0. The SMILES string of the molecule is CCCC/C=C\C=C/CCCCCC(=O)OC(COC(=O)CCCCCCCCC/C=C\CCCCCC)COC(=O)CCCCCCCCCCCC. The zero-order chi connectivity index (χ0) is 39.4. The van der Waals surface area contributed by atoms with E-state index in [4.69, 9.17) is 14.2 Å². The Labute approximate surface area is 334 Å². The van der Waals surface area contributed by atoms with Crippen LogP contribution in [-0.4, -0.2) is 37.2 Å². The maximum Gasteiger partial charge on any atom is 0.306 e. The lowest BCUT2D eigenvalue weighted by atomic mass is 10.1. The Kier molecular flexibility index (Phi) is 41.5. The standard InChI is InChI=1S/C48H86O6/c1-4-7-10-13-16-19-22-23-24-25-27-29-32-35-38-41-47(50)53-44-45(43-52-46(49)40-37-34-31-28-21-18-15-12-9-6-3)54-48(51)42-39-36-33-30-26-20-17-14-11-8-5-2/h14,17,19-20,22,26,45H,4-13,15-16,18,21,23-25,27-44H2,1-3H3/b17-14-,22-19-,26-20-. The van der Waals surface area contributed by atoms with Crippen molar-refractivity contribution in [2.24, 2.45) is 0 Å². The molecule has 0 bridgehead atoms. The number of carbonyl (C=O) groups is 3. The molecule has 0 fully saturated rings. The molecule has 0 saturated carbocycles. The van der Waals surface area contributed by atoms with Crippen LogP contribution in [0.1, 0.15) is 233 Å². The number of allylic oxidation sites excluding steroid dienone is 6. The van der Waals surface area contributed by atoms with Crippen LogP contribution in [0.5, 0.6) is 0 Å². The van der Waals surface area contributed by atoms with E-state index in [9.17, 15) is 14.4 Å². The summed E-state index contributed by atoms with van der Waals surface area (Å²) in [6, 6.07) is 0. The third-order valence-electron chi connectivity index (χ3n) is 9.90. The minimum Gasteiger partial charge on any atom is -0.462 e. The molecule has 1 unspecified atom stereocenters. The van der Waals surface area contributed by atoms with Crippen molar-refractivity contribution >= 4 is 17.9 Å². The van der Waals surface area contributed by atoms with Gasteiger partial charge in [-0.25, -0.2) is 0 Å². The van der Waals surface area contributed by atoms with Gasteiger partial charge in [0.05, 0.1) is 0 Å². The molecular formula is C48H86O6. The van der Waals surface area contributed by atoms with Crippen molar-refractivity contribution in [3.05, 3.63) is 36.5 Å². The van der Waals surface area contributed by atoms with Crippen LogP contribution in [0.4, 0.5) is 0 Å². The predicted molar refractivity (Wildman–Crippen MR) is 229 cm³/mol. The molecule has 6 heteroatoms. The van der Waals surface area contributed by atoms with Gasteiger partial charge in [-0.05, 0) is 64.2 Å². The molecule has 0 amide bonds. The number of hydrogen-bond acceptors (Lipinski definition) is 6. The number of unbranched alkanes of at least 4 members (excludes halogenated alkanes) is 25. The second-order valence-electron chi connectivity index (χ2n) is 15.3. The molecule has 0 heterocycles. The average molecular weight is 759 g/mol. The molecular weight excluding hydrogens is 673 g/mol. The van der Waals surface area contributed by atoms with Gasteiger partial charge >= 0.3 is 17.9 Å². The van der Waals surface area contributed by atoms with Crippen molar-refractivity contribution in [3.63, 3.8) is 0 Å². The van der Waals surface area contributed by atoms with E-state index in [1.54, 1.807) is 0 Å². The Morgan fingerprint density at radius 1 is 0.370 bits per heavy atom. The highest BCUT2D eigenvalue weighted by molar-refractivity contribution is 5.71. The first-order valence-electron chi connectivity index (χ1n) is 23.0. The molecule has 6 nitrogen and oxygen atoms in total. The summed E-state index contributed by atoms with van der Waals surface area (Å²) in [5.41, 5.74) is 0. The van der Waals surface area contributed by atoms with Crippen LogP contribution < -0.4 is 0 Å². The summed E-state index contributed by atoms with van der Waals surface area (Å²) in [6.45, 7) is 6.53. The summed E-state index contributed by atoms with van der Waals surface area (Å²) < 4.78 is 16.7. The third-order valence-corrected chi connectivity index (χ3v) is 9.90. The number of esters is 3. The quantitative estimate of drug-likeness (QED) is 0.0203. The lowest BCUT2D eigenvalue weighted by Gasteiger charge is -2.18. The molecule has 54 heavy (non-hydrogen) atoms. The molecule has 0 N–H and O–H groups in total. The van der Waals surface area contributed by atoms with E-state index in [0.717, 1.165) is 70.6 Å². The van der Waals surface area contributed by atoms with Gasteiger partial charge < -0.3 is 14.2 Å². The second-order valence-corrected chi connectivity index (χ2v) is 15.3. The van der Waals surface area contributed by atoms with Crippen LogP contribution in [-0.2, 0) is 28.6 Å². The summed E-state index contributed by atoms with van der Waals surface area (Å²) in [7, 11) is 0. The van der Waals surface area contributed by atoms with E-state index < -0.39 is 6.10 Å². The van der Waals surface area contributed by atoms with Crippen LogP contribution in [0.15, 0.2) is 36.5 Å². The summed E-state index contributed by atoms with van der Waals surface area (Å²) in [4.78, 5) is 37.7. The van der Waals surface area contributed by atoms with Gasteiger partial charge in [0.1, 0.15) is 13.2 Å². The van der Waals surface area contributed by atoms with Crippen LogP contribution in [0.3, 0.4) is 0 Å².